The number of hydrogen-bond acceptors (Lipinski definition) is 7. The van der Waals surface area contributed by atoms with Gasteiger partial charge in [0.2, 0.25) is 0 Å². The zero-order valence-electron chi connectivity index (χ0n) is 16.2. The number of methoxy groups -OCH3 is 1. The normalized spacial score (nSPS) is 11.3. The quantitative estimate of drug-likeness (QED) is 0.460. The smallest absolute Gasteiger partial charge is 0.263 e. The lowest BCUT2D eigenvalue weighted by Gasteiger charge is -2.14. The number of ether oxygens (including phenoxy) is 1. The van der Waals surface area contributed by atoms with E-state index in [1.165, 1.54) is 43.0 Å². The first-order valence-electron chi connectivity index (χ1n) is 8.95. The van der Waals surface area contributed by atoms with Gasteiger partial charge in [-0.05, 0) is 23.8 Å². The minimum Gasteiger partial charge on any atom is -0.496 e. The number of alkyl halides is 1. The summed E-state index contributed by atoms with van der Waals surface area (Å²) in [5.74, 6) is 0.404. The Bertz CT molecular complexity index is 1410. The number of pyridine rings is 1. The van der Waals surface area contributed by atoms with E-state index in [2.05, 4.69) is 20.8 Å². The Morgan fingerprint density at radius 2 is 2.06 bits per heavy atom. The Morgan fingerprint density at radius 3 is 2.74 bits per heavy atom. The Kier molecular flexibility index (Phi) is 5.54. The second kappa shape index (κ2) is 8.29. The summed E-state index contributed by atoms with van der Waals surface area (Å²) in [7, 11) is -2.40. The molecule has 2 heterocycles. The van der Waals surface area contributed by atoms with E-state index in [-0.39, 0.29) is 15.6 Å². The van der Waals surface area contributed by atoms with Crippen molar-refractivity contribution in [2.45, 2.75) is 11.6 Å². The molecule has 0 aliphatic carbocycles. The molecule has 0 aliphatic rings. The molecule has 156 valence electrons. The number of aromatic nitrogens is 2. The molecule has 0 bridgehead atoms. The van der Waals surface area contributed by atoms with Crippen LogP contribution in [-0.4, -0.2) is 25.5 Å². The third kappa shape index (κ3) is 3.93. The van der Waals surface area contributed by atoms with E-state index in [4.69, 9.17) is 4.74 Å². The van der Waals surface area contributed by atoms with E-state index in [0.717, 1.165) is 0 Å². The van der Waals surface area contributed by atoms with E-state index >= 15 is 0 Å². The van der Waals surface area contributed by atoms with Crippen LogP contribution in [0.2, 0.25) is 0 Å². The Labute approximate surface area is 181 Å². The Hall–Kier alpha value is -3.55. The van der Waals surface area contributed by atoms with Crippen LogP contribution in [0.3, 0.4) is 0 Å². The molecule has 2 aromatic carbocycles. The van der Waals surface area contributed by atoms with Gasteiger partial charge in [0.25, 0.3) is 10.0 Å². The van der Waals surface area contributed by atoms with Gasteiger partial charge in [0, 0.05) is 34.3 Å². The number of benzene rings is 2. The molecule has 0 fully saturated rings. The predicted molar refractivity (Wildman–Crippen MR) is 116 cm³/mol. The lowest BCUT2D eigenvalue weighted by Crippen LogP contribution is -2.12. The minimum atomic E-state index is -3.86. The molecule has 0 radical (unpaired) electrons. The SMILES string of the molecule is COc1cc(CF)ccc1-c1c(C#N)cnc2cc(S(=O)(=O)Nc3nccs3)ccc12. The second-order valence-electron chi connectivity index (χ2n) is 6.45. The number of nitrogens with zero attached hydrogens (tertiary/aromatic N) is 3. The number of nitriles is 1. The molecule has 0 aliphatic heterocycles. The zero-order valence-corrected chi connectivity index (χ0v) is 17.8. The molecular formula is C21H15FN4O3S2. The highest BCUT2D eigenvalue weighted by atomic mass is 32.2. The first kappa shape index (κ1) is 20.7. The maximum atomic E-state index is 13.1. The molecule has 7 nitrogen and oxygen atoms in total. The second-order valence-corrected chi connectivity index (χ2v) is 9.03. The van der Waals surface area contributed by atoms with Crippen molar-refractivity contribution in [3.8, 4) is 22.9 Å². The van der Waals surface area contributed by atoms with Crippen LogP contribution in [0.1, 0.15) is 11.1 Å². The summed E-state index contributed by atoms with van der Waals surface area (Å²) >= 11 is 1.17. The molecule has 0 saturated heterocycles. The lowest BCUT2D eigenvalue weighted by atomic mass is 9.95. The van der Waals surface area contributed by atoms with Crippen LogP contribution in [0.25, 0.3) is 22.0 Å². The Morgan fingerprint density at radius 1 is 1.23 bits per heavy atom. The predicted octanol–water partition coefficient (Wildman–Crippen LogP) is 4.51. The molecule has 0 unspecified atom stereocenters. The van der Waals surface area contributed by atoms with E-state index in [1.807, 2.05) is 0 Å². The van der Waals surface area contributed by atoms with Crippen LogP contribution in [-0.2, 0) is 16.7 Å². The van der Waals surface area contributed by atoms with Gasteiger partial charge in [-0.15, -0.1) is 11.3 Å². The van der Waals surface area contributed by atoms with Crippen LogP contribution in [0.15, 0.2) is 59.1 Å². The first-order chi connectivity index (χ1) is 15.0. The topological polar surface area (TPSA) is 105 Å². The molecule has 0 atom stereocenters. The highest BCUT2D eigenvalue weighted by molar-refractivity contribution is 7.93. The maximum Gasteiger partial charge on any atom is 0.263 e. The summed E-state index contributed by atoms with van der Waals surface area (Å²) in [6, 6.07) is 11.4. The van der Waals surface area contributed by atoms with Crippen LogP contribution in [0.4, 0.5) is 9.52 Å². The van der Waals surface area contributed by atoms with Crippen molar-refractivity contribution in [2.75, 3.05) is 11.8 Å². The van der Waals surface area contributed by atoms with Gasteiger partial charge in [-0.2, -0.15) is 5.26 Å². The molecule has 31 heavy (non-hydrogen) atoms. The molecular weight excluding hydrogens is 439 g/mol. The van der Waals surface area contributed by atoms with E-state index in [0.29, 0.717) is 33.3 Å². The molecule has 4 aromatic rings. The standard InChI is InChI=1S/C21H15FN4O3S2/c1-29-19-8-13(10-22)2-4-17(19)20-14(11-23)12-25-18-9-15(3-5-16(18)20)31(27,28)26-21-24-6-7-30-21/h2-9,12H,10H2,1H3,(H,24,26). The van der Waals surface area contributed by atoms with Crippen molar-refractivity contribution in [2.24, 2.45) is 0 Å². The van der Waals surface area contributed by atoms with Gasteiger partial charge in [-0.3, -0.25) is 9.71 Å². The molecule has 0 spiro atoms. The lowest BCUT2D eigenvalue weighted by molar-refractivity contribution is 0.413. The van der Waals surface area contributed by atoms with Gasteiger partial charge in [0.1, 0.15) is 18.5 Å². The third-order valence-corrected chi connectivity index (χ3v) is 6.77. The van der Waals surface area contributed by atoms with Crippen LogP contribution in [0.5, 0.6) is 5.75 Å². The van der Waals surface area contributed by atoms with Crippen molar-refractivity contribution in [3.05, 3.63) is 65.3 Å². The van der Waals surface area contributed by atoms with E-state index < -0.39 is 16.7 Å². The molecule has 0 amide bonds. The molecule has 10 heteroatoms. The van der Waals surface area contributed by atoms with Gasteiger partial charge >= 0.3 is 0 Å². The molecule has 0 saturated carbocycles. The maximum absolute atomic E-state index is 13.1. The van der Waals surface area contributed by atoms with Gasteiger partial charge in [-0.25, -0.2) is 17.8 Å². The number of nitrogens with one attached hydrogen (secondary N) is 1. The number of rotatable bonds is 6. The van der Waals surface area contributed by atoms with Crippen molar-refractivity contribution in [1.82, 2.24) is 9.97 Å². The number of halogens is 1. The Balaban J connectivity index is 1.89. The highest BCUT2D eigenvalue weighted by Gasteiger charge is 2.20. The number of sulfonamides is 1. The van der Waals surface area contributed by atoms with Gasteiger partial charge in [0.05, 0.1) is 23.1 Å². The summed E-state index contributed by atoms with van der Waals surface area (Å²) in [5.41, 5.74) is 2.23. The summed E-state index contributed by atoms with van der Waals surface area (Å²) < 4.78 is 46.3. The van der Waals surface area contributed by atoms with Crippen LogP contribution < -0.4 is 9.46 Å². The van der Waals surface area contributed by atoms with Gasteiger partial charge in [0.15, 0.2) is 5.13 Å². The van der Waals surface area contributed by atoms with E-state index in [1.54, 1.807) is 29.6 Å². The average molecular weight is 455 g/mol. The highest BCUT2D eigenvalue weighted by Crippen LogP contribution is 2.38. The fourth-order valence-electron chi connectivity index (χ4n) is 3.19. The largest absolute Gasteiger partial charge is 0.496 e. The number of thiazole rings is 1. The van der Waals surface area contributed by atoms with Crippen molar-refractivity contribution >= 4 is 37.4 Å². The third-order valence-electron chi connectivity index (χ3n) is 4.61. The number of hydrogen-bond donors (Lipinski definition) is 1. The van der Waals surface area contributed by atoms with E-state index in [9.17, 15) is 18.1 Å². The van der Waals surface area contributed by atoms with Crippen molar-refractivity contribution in [3.63, 3.8) is 0 Å². The van der Waals surface area contributed by atoms with Gasteiger partial charge in [-0.1, -0.05) is 18.2 Å². The van der Waals surface area contributed by atoms with Gasteiger partial charge < -0.3 is 4.74 Å². The fourth-order valence-corrected chi connectivity index (χ4v) is 5.00. The fraction of sp³-hybridized carbons (Fsp3) is 0.0952. The summed E-state index contributed by atoms with van der Waals surface area (Å²) in [6.45, 7) is -0.647. The number of fused-ring (bicyclic) bond motifs is 1. The molecule has 4 rings (SSSR count). The monoisotopic (exact) mass is 454 g/mol. The summed E-state index contributed by atoms with van der Waals surface area (Å²) in [5, 5.41) is 12.1. The van der Waals surface area contributed by atoms with Crippen LogP contribution in [0, 0.1) is 11.3 Å². The van der Waals surface area contributed by atoms with Crippen molar-refractivity contribution in [1.29, 1.82) is 5.26 Å². The molecule has 2 aromatic heterocycles. The molecule has 1 N–H and O–H groups in total. The first-order valence-corrected chi connectivity index (χ1v) is 11.3. The van der Waals surface area contributed by atoms with Crippen LogP contribution >= 0.6 is 11.3 Å². The summed E-state index contributed by atoms with van der Waals surface area (Å²) in [4.78, 5) is 8.22. The van der Waals surface area contributed by atoms with Crippen molar-refractivity contribution < 1.29 is 17.5 Å². The zero-order chi connectivity index (χ0) is 22.0. The average Bonchev–Trinajstić information content (AvgIpc) is 3.29. The summed E-state index contributed by atoms with van der Waals surface area (Å²) in [6.07, 6.45) is 2.88. The number of anilines is 1. The minimum absolute atomic E-state index is 0.0121.